The minimum atomic E-state index is -1.07. The largest absolute Gasteiger partial charge is 0.116 e. The van der Waals surface area contributed by atoms with Crippen molar-refractivity contribution in [2.75, 3.05) is 0 Å². The maximum absolute atomic E-state index is 3.81. The van der Waals surface area contributed by atoms with Crippen LogP contribution in [0.3, 0.4) is 0 Å². The van der Waals surface area contributed by atoms with E-state index in [1.807, 2.05) is 17.8 Å². The highest BCUT2D eigenvalue weighted by Gasteiger charge is 2.27. The molecule has 1 unspecified atom stereocenters. The summed E-state index contributed by atoms with van der Waals surface area (Å²) in [6, 6.07) is 0. The van der Waals surface area contributed by atoms with Crippen LogP contribution in [0.1, 0.15) is 13.3 Å². The van der Waals surface area contributed by atoms with Crippen LogP contribution in [-0.4, -0.2) is 12.8 Å². The molecule has 1 atom stereocenters. The van der Waals surface area contributed by atoms with Gasteiger partial charge in [-0.3, -0.25) is 0 Å². The first kappa shape index (κ1) is 11.9. The van der Waals surface area contributed by atoms with Crippen LogP contribution in [0.25, 0.3) is 0 Å². The molecule has 14 heavy (non-hydrogen) atoms. The Morgan fingerprint density at radius 2 is 2.14 bits per heavy atom. The number of rotatable bonds is 3. The van der Waals surface area contributed by atoms with Crippen molar-refractivity contribution in [2.24, 2.45) is 0 Å². The molecule has 0 N–H and O–H groups in total. The molecule has 1 aliphatic heterocycles. The summed E-state index contributed by atoms with van der Waals surface area (Å²) in [7, 11) is -1.07. The van der Waals surface area contributed by atoms with E-state index < -0.39 is 8.07 Å². The third-order valence-electron chi connectivity index (χ3n) is 2.08. The molecule has 0 nitrogen and oxygen atoms in total. The number of allylic oxidation sites excluding steroid dienone is 2. The molecule has 0 aromatic rings. The van der Waals surface area contributed by atoms with E-state index in [1.165, 1.54) is 4.91 Å². The van der Waals surface area contributed by atoms with Crippen molar-refractivity contribution in [3.05, 3.63) is 35.4 Å². The minimum absolute atomic E-state index is 0.257. The molecular formula is C12H20SSi. The van der Waals surface area contributed by atoms with Crippen LogP contribution in [0.15, 0.2) is 35.4 Å². The Morgan fingerprint density at radius 1 is 1.50 bits per heavy atom. The van der Waals surface area contributed by atoms with Crippen LogP contribution in [-0.2, 0) is 0 Å². The summed E-state index contributed by atoms with van der Waals surface area (Å²) < 4.78 is 0.257. The normalized spacial score (nSPS) is 29.9. The van der Waals surface area contributed by atoms with Crippen LogP contribution in [0, 0.1) is 0 Å². The summed E-state index contributed by atoms with van der Waals surface area (Å²) in [6.45, 7) is 13.2. The molecule has 0 saturated heterocycles. The average molecular weight is 224 g/mol. The zero-order valence-electron chi connectivity index (χ0n) is 9.63. The molecule has 0 fully saturated rings. The van der Waals surface area contributed by atoms with Gasteiger partial charge in [0.2, 0.25) is 0 Å². The van der Waals surface area contributed by atoms with Gasteiger partial charge in [0.15, 0.2) is 0 Å². The summed E-state index contributed by atoms with van der Waals surface area (Å²) in [4.78, 5) is 1.45. The highest BCUT2D eigenvalue weighted by molar-refractivity contribution is 8.05. The number of thioether (sulfide) groups is 1. The van der Waals surface area contributed by atoms with E-state index in [1.54, 1.807) is 0 Å². The van der Waals surface area contributed by atoms with Gasteiger partial charge in [-0.1, -0.05) is 43.6 Å². The van der Waals surface area contributed by atoms with Gasteiger partial charge in [-0.15, -0.1) is 18.3 Å². The van der Waals surface area contributed by atoms with Gasteiger partial charge in [0, 0.05) is 9.65 Å². The minimum Gasteiger partial charge on any atom is -0.116 e. The predicted molar refractivity (Wildman–Crippen MR) is 71.4 cm³/mol. The Bertz CT molecular complexity index is 283. The van der Waals surface area contributed by atoms with Gasteiger partial charge in [-0.05, 0) is 13.3 Å². The molecule has 0 saturated carbocycles. The lowest BCUT2D eigenvalue weighted by Crippen LogP contribution is -2.16. The summed E-state index contributed by atoms with van der Waals surface area (Å²) in [6.07, 6.45) is 7.64. The molecule has 78 valence electrons. The first-order chi connectivity index (χ1) is 6.35. The van der Waals surface area contributed by atoms with Crippen LogP contribution in [0.2, 0.25) is 19.6 Å². The van der Waals surface area contributed by atoms with Crippen LogP contribution >= 0.6 is 11.8 Å². The van der Waals surface area contributed by atoms with Gasteiger partial charge in [0.05, 0.1) is 8.07 Å². The second kappa shape index (κ2) is 4.11. The fourth-order valence-corrected chi connectivity index (χ4v) is 4.75. The monoisotopic (exact) mass is 224 g/mol. The van der Waals surface area contributed by atoms with Gasteiger partial charge in [-0.2, -0.15) is 0 Å². The van der Waals surface area contributed by atoms with Crippen molar-refractivity contribution in [3.8, 4) is 0 Å². The molecule has 2 heteroatoms. The number of hydrogen-bond donors (Lipinski definition) is 0. The van der Waals surface area contributed by atoms with Crippen LogP contribution in [0.5, 0.6) is 0 Å². The SMILES string of the molecule is C=CCC1(C)C=C/C(=C\[Si](C)(C)C)S1. The lowest BCUT2D eigenvalue weighted by Gasteiger charge is -2.19. The predicted octanol–water partition coefficient (Wildman–Crippen LogP) is 4.39. The molecule has 0 aromatic heterocycles. The topological polar surface area (TPSA) is 0 Å². The third-order valence-corrected chi connectivity index (χ3v) is 4.72. The molecule has 1 aliphatic rings. The maximum Gasteiger partial charge on any atom is 0.0701 e. The maximum atomic E-state index is 3.81. The standard InChI is InChI=1S/C12H20SSi/c1-6-8-12(2)9-7-11(13-12)10-14(3,4)5/h6-7,9-10H,1,8H2,2-5H3/b11-10+. The first-order valence-corrected chi connectivity index (χ1v) is 9.46. The van der Waals surface area contributed by atoms with Gasteiger partial charge in [-0.25, -0.2) is 0 Å². The van der Waals surface area contributed by atoms with Crippen molar-refractivity contribution < 1.29 is 0 Å². The summed E-state index contributed by atoms with van der Waals surface area (Å²) in [5.74, 6) is 0. The quantitative estimate of drug-likeness (QED) is 0.506. The van der Waals surface area contributed by atoms with Gasteiger partial charge in [0.1, 0.15) is 0 Å². The molecule has 0 aromatic carbocycles. The highest BCUT2D eigenvalue weighted by atomic mass is 32.2. The van der Waals surface area contributed by atoms with Crippen LogP contribution in [0.4, 0.5) is 0 Å². The summed E-state index contributed by atoms with van der Waals surface area (Å²) in [5.41, 5.74) is 2.47. The number of hydrogen-bond acceptors (Lipinski definition) is 1. The van der Waals surface area contributed by atoms with E-state index in [-0.39, 0.29) is 4.75 Å². The fourth-order valence-electron chi connectivity index (χ4n) is 1.50. The lowest BCUT2D eigenvalue weighted by molar-refractivity contribution is 0.817. The Hall–Kier alpha value is -0.213. The van der Waals surface area contributed by atoms with Crippen molar-refractivity contribution in [3.63, 3.8) is 0 Å². The molecule has 0 aliphatic carbocycles. The van der Waals surface area contributed by atoms with E-state index in [0.29, 0.717) is 0 Å². The molecule has 0 radical (unpaired) electrons. The summed E-state index contributed by atoms with van der Waals surface area (Å²) in [5, 5.41) is 0. The first-order valence-electron chi connectivity index (χ1n) is 5.07. The molecule has 1 heterocycles. The summed E-state index contributed by atoms with van der Waals surface area (Å²) >= 11 is 1.98. The Balaban J connectivity index is 2.72. The van der Waals surface area contributed by atoms with Gasteiger partial charge in [0.25, 0.3) is 0 Å². The Morgan fingerprint density at radius 3 is 2.64 bits per heavy atom. The molecule has 0 amide bonds. The second-order valence-corrected chi connectivity index (χ2v) is 11.8. The van der Waals surface area contributed by atoms with Crippen molar-refractivity contribution in [2.45, 2.75) is 37.7 Å². The molecular weight excluding hydrogens is 204 g/mol. The lowest BCUT2D eigenvalue weighted by atomic mass is 10.1. The highest BCUT2D eigenvalue weighted by Crippen LogP contribution is 2.43. The molecule has 0 bridgehead atoms. The fraction of sp³-hybridized carbons (Fsp3) is 0.500. The Labute approximate surface area is 93.2 Å². The van der Waals surface area contributed by atoms with E-state index in [9.17, 15) is 0 Å². The molecule has 0 spiro atoms. The zero-order chi connectivity index (χ0) is 10.8. The van der Waals surface area contributed by atoms with Crippen molar-refractivity contribution in [1.29, 1.82) is 0 Å². The van der Waals surface area contributed by atoms with E-state index in [2.05, 4.69) is 51.0 Å². The van der Waals surface area contributed by atoms with Crippen molar-refractivity contribution in [1.82, 2.24) is 0 Å². The van der Waals surface area contributed by atoms with E-state index in [4.69, 9.17) is 0 Å². The second-order valence-electron chi connectivity index (χ2n) is 5.15. The third kappa shape index (κ3) is 3.50. The average Bonchev–Trinajstić information content (AvgIpc) is 2.29. The van der Waals surface area contributed by atoms with E-state index in [0.717, 1.165) is 6.42 Å². The van der Waals surface area contributed by atoms with Crippen LogP contribution < -0.4 is 0 Å². The van der Waals surface area contributed by atoms with E-state index >= 15 is 0 Å². The zero-order valence-corrected chi connectivity index (χ0v) is 11.4. The van der Waals surface area contributed by atoms with Gasteiger partial charge >= 0.3 is 0 Å². The smallest absolute Gasteiger partial charge is 0.0701 e. The van der Waals surface area contributed by atoms with Crippen molar-refractivity contribution >= 4 is 19.8 Å². The molecule has 1 rings (SSSR count). The van der Waals surface area contributed by atoms with Gasteiger partial charge < -0.3 is 0 Å². The Kier molecular flexibility index (Phi) is 3.48.